The smallest absolute Gasteiger partial charge is 0.0900 e. The molecule has 0 aromatic carbocycles. The van der Waals surface area contributed by atoms with Crippen LogP contribution < -0.4 is 5.32 Å². The molecule has 0 aliphatic rings. The molecule has 0 saturated carbocycles. The number of aryl methyl sites for hydroxylation is 2. The fourth-order valence-electron chi connectivity index (χ4n) is 1.49. The first-order chi connectivity index (χ1) is 7.65. The lowest BCUT2D eigenvalue weighted by atomic mass is 10.3. The first kappa shape index (κ1) is 12.2. The van der Waals surface area contributed by atoms with E-state index in [1.54, 1.807) is 22.7 Å². The van der Waals surface area contributed by atoms with Gasteiger partial charge in [-0.3, -0.25) is 0 Å². The molecule has 0 aliphatic heterocycles. The molecule has 0 amide bonds. The number of hydrogen-bond donors (Lipinski definition) is 1. The van der Waals surface area contributed by atoms with E-state index in [1.165, 1.54) is 19.2 Å². The Kier molecular flexibility index (Phi) is 4.13. The van der Waals surface area contributed by atoms with Gasteiger partial charge in [0.15, 0.2) is 0 Å². The van der Waals surface area contributed by atoms with Crippen molar-refractivity contribution in [3.8, 4) is 0 Å². The van der Waals surface area contributed by atoms with E-state index >= 15 is 0 Å². The van der Waals surface area contributed by atoms with Gasteiger partial charge in [-0.25, -0.2) is 4.98 Å². The molecule has 0 saturated heterocycles. The average Bonchev–Trinajstić information content (AvgIpc) is 2.74. The fraction of sp³-hybridized carbons (Fsp3) is 0.364. The Balaban J connectivity index is 1.86. The predicted molar refractivity (Wildman–Crippen MR) is 74.2 cm³/mol. The van der Waals surface area contributed by atoms with Gasteiger partial charge < -0.3 is 5.32 Å². The van der Waals surface area contributed by atoms with E-state index in [2.05, 4.69) is 52.2 Å². The standard InChI is InChI=1S/C11H13BrN2S2/c1-7-10(14-8(2)15-7)6-13-5-9-3-4-11(12)16-9/h3-4,13H,5-6H2,1-2H3. The molecule has 2 heterocycles. The van der Waals surface area contributed by atoms with Crippen LogP contribution in [0.1, 0.15) is 20.5 Å². The van der Waals surface area contributed by atoms with Crippen LogP contribution in [0.3, 0.4) is 0 Å². The van der Waals surface area contributed by atoms with Gasteiger partial charge in [-0.15, -0.1) is 22.7 Å². The molecule has 0 radical (unpaired) electrons. The Morgan fingerprint density at radius 2 is 2.06 bits per heavy atom. The van der Waals surface area contributed by atoms with Crippen molar-refractivity contribution in [2.24, 2.45) is 0 Å². The van der Waals surface area contributed by atoms with Gasteiger partial charge in [0.1, 0.15) is 0 Å². The van der Waals surface area contributed by atoms with Crippen molar-refractivity contribution in [1.82, 2.24) is 10.3 Å². The van der Waals surface area contributed by atoms with Gasteiger partial charge in [0.05, 0.1) is 14.5 Å². The van der Waals surface area contributed by atoms with E-state index in [-0.39, 0.29) is 0 Å². The van der Waals surface area contributed by atoms with Gasteiger partial charge in [-0.1, -0.05) is 0 Å². The number of nitrogens with one attached hydrogen (secondary N) is 1. The summed E-state index contributed by atoms with van der Waals surface area (Å²) in [6.45, 7) is 5.94. The molecule has 0 bridgehead atoms. The van der Waals surface area contributed by atoms with Gasteiger partial charge in [0.25, 0.3) is 0 Å². The Morgan fingerprint density at radius 1 is 1.25 bits per heavy atom. The zero-order valence-electron chi connectivity index (χ0n) is 9.21. The van der Waals surface area contributed by atoms with Crippen LogP contribution >= 0.6 is 38.6 Å². The summed E-state index contributed by atoms with van der Waals surface area (Å²) in [5.41, 5.74) is 1.18. The van der Waals surface area contributed by atoms with E-state index in [1.807, 2.05) is 0 Å². The first-order valence-corrected chi connectivity index (χ1v) is 7.45. The number of thiophene rings is 1. The second kappa shape index (κ2) is 5.40. The SMILES string of the molecule is Cc1nc(CNCc2ccc(Br)s2)c(C)s1. The van der Waals surface area contributed by atoms with Crippen molar-refractivity contribution in [3.63, 3.8) is 0 Å². The number of rotatable bonds is 4. The third kappa shape index (κ3) is 3.13. The zero-order valence-corrected chi connectivity index (χ0v) is 12.4. The summed E-state index contributed by atoms with van der Waals surface area (Å²) in [6.07, 6.45) is 0. The number of thiazole rings is 1. The van der Waals surface area contributed by atoms with E-state index < -0.39 is 0 Å². The van der Waals surface area contributed by atoms with E-state index in [0.29, 0.717) is 0 Å². The second-order valence-electron chi connectivity index (χ2n) is 3.55. The molecule has 0 atom stereocenters. The summed E-state index contributed by atoms with van der Waals surface area (Å²) in [5.74, 6) is 0. The highest BCUT2D eigenvalue weighted by Crippen LogP contribution is 2.22. The monoisotopic (exact) mass is 316 g/mol. The van der Waals surface area contributed by atoms with Crippen LogP contribution in [-0.2, 0) is 13.1 Å². The maximum atomic E-state index is 4.50. The van der Waals surface area contributed by atoms with Crippen LogP contribution in [0.25, 0.3) is 0 Å². The molecule has 0 spiro atoms. The maximum Gasteiger partial charge on any atom is 0.0900 e. The van der Waals surface area contributed by atoms with Gasteiger partial charge in [0.2, 0.25) is 0 Å². The lowest BCUT2D eigenvalue weighted by molar-refractivity contribution is 0.686. The molecular weight excluding hydrogens is 304 g/mol. The Labute approximate surface area is 112 Å². The summed E-state index contributed by atoms with van der Waals surface area (Å²) in [4.78, 5) is 7.16. The normalized spacial score (nSPS) is 10.9. The Hall–Kier alpha value is -0.230. The molecule has 2 rings (SSSR count). The Morgan fingerprint density at radius 3 is 2.62 bits per heavy atom. The summed E-state index contributed by atoms with van der Waals surface area (Å²) in [7, 11) is 0. The van der Waals surface area contributed by atoms with Crippen molar-refractivity contribution < 1.29 is 0 Å². The zero-order chi connectivity index (χ0) is 11.5. The third-order valence-electron chi connectivity index (χ3n) is 2.22. The van der Waals surface area contributed by atoms with Crippen LogP contribution in [0.5, 0.6) is 0 Å². The van der Waals surface area contributed by atoms with Gasteiger partial charge in [-0.2, -0.15) is 0 Å². The maximum absolute atomic E-state index is 4.50. The number of nitrogens with zero attached hydrogens (tertiary/aromatic N) is 1. The number of halogens is 1. The van der Waals surface area contributed by atoms with E-state index in [0.717, 1.165) is 18.1 Å². The van der Waals surface area contributed by atoms with E-state index in [9.17, 15) is 0 Å². The molecular formula is C11H13BrN2S2. The molecule has 86 valence electrons. The van der Waals surface area contributed by atoms with E-state index in [4.69, 9.17) is 0 Å². The highest BCUT2D eigenvalue weighted by molar-refractivity contribution is 9.11. The molecule has 2 aromatic rings. The summed E-state index contributed by atoms with van der Waals surface area (Å²) in [6, 6.07) is 4.22. The van der Waals surface area contributed by atoms with Gasteiger partial charge >= 0.3 is 0 Å². The van der Waals surface area contributed by atoms with Crippen LogP contribution in [-0.4, -0.2) is 4.98 Å². The molecule has 2 aromatic heterocycles. The minimum Gasteiger partial charge on any atom is -0.306 e. The number of hydrogen-bond acceptors (Lipinski definition) is 4. The average molecular weight is 317 g/mol. The molecule has 16 heavy (non-hydrogen) atoms. The van der Waals surface area contributed by atoms with Crippen LogP contribution in [0, 0.1) is 13.8 Å². The van der Waals surface area contributed by atoms with Crippen molar-refractivity contribution in [2.75, 3.05) is 0 Å². The van der Waals surface area contributed by atoms with Crippen LogP contribution in [0.4, 0.5) is 0 Å². The van der Waals surface area contributed by atoms with Crippen LogP contribution in [0.2, 0.25) is 0 Å². The van der Waals surface area contributed by atoms with Crippen molar-refractivity contribution in [2.45, 2.75) is 26.9 Å². The minimum atomic E-state index is 0.853. The van der Waals surface area contributed by atoms with Gasteiger partial charge in [-0.05, 0) is 41.9 Å². The molecule has 1 N–H and O–H groups in total. The van der Waals surface area contributed by atoms with Crippen molar-refractivity contribution in [3.05, 3.63) is 36.4 Å². The van der Waals surface area contributed by atoms with Crippen molar-refractivity contribution in [1.29, 1.82) is 0 Å². The third-order valence-corrected chi connectivity index (χ3v) is 4.77. The largest absolute Gasteiger partial charge is 0.306 e. The topological polar surface area (TPSA) is 24.9 Å². The summed E-state index contributed by atoms with van der Waals surface area (Å²) >= 11 is 7.00. The first-order valence-electron chi connectivity index (χ1n) is 5.03. The lowest BCUT2D eigenvalue weighted by Gasteiger charge is -2.01. The lowest BCUT2D eigenvalue weighted by Crippen LogP contribution is -2.12. The number of aromatic nitrogens is 1. The summed E-state index contributed by atoms with van der Waals surface area (Å²) in [5, 5.41) is 4.57. The second-order valence-corrected chi connectivity index (χ2v) is 7.50. The molecule has 2 nitrogen and oxygen atoms in total. The molecule has 0 unspecified atom stereocenters. The fourth-order valence-corrected chi connectivity index (χ4v) is 3.77. The van der Waals surface area contributed by atoms with Crippen molar-refractivity contribution >= 4 is 38.6 Å². The quantitative estimate of drug-likeness (QED) is 0.926. The molecule has 0 aliphatic carbocycles. The highest BCUT2D eigenvalue weighted by atomic mass is 79.9. The van der Waals surface area contributed by atoms with Crippen LogP contribution in [0.15, 0.2) is 15.9 Å². The van der Waals surface area contributed by atoms with Gasteiger partial charge in [0, 0.05) is 22.8 Å². The Bertz CT molecular complexity index is 476. The highest BCUT2D eigenvalue weighted by Gasteiger charge is 2.04. The predicted octanol–water partition coefficient (Wildman–Crippen LogP) is 3.87. The molecule has 0 fully saturated rings. The minimum absolute atomic E-state index is 0.853. The summed E-state index contributed by atoms with van der Waals surface area (Å²) < 4.78 is 1.19. The molecule has 5 heteroatoms.